The Bertz CT molecular complexity index is 596. The molecule has 5 nitrogen and oxygen atoms in total. The van der Waals surface area contributed by atoms with Gasteiger partial charge in [-0.3, -0.25) is 4.79 Å². The number of aromatic nitrogens is 2. The molecule has 0 amide bonds. The molecule has 2 rings (SSSR count). The number of pyridine rings is 1. The summed E-state index contributed by atoms with van der Waals surface area (Å²) in [4.78, 5) is 14.9. The van der Waals surface area contributed by atoms with Gasteiger partial charge in [0.15, 0.2) is 5.43 Å². The lowest BCUT2D eigenvalue weighted by molar-refractivity contribution is 0.438. The van der Waals surface area contributed by atoms with E-state index < -0.39 is 0 Å². The van der Waals surface area contributed by atoms with Gasteiger partial charge in [-0.15, -0.1) is 0 Å². The highest BCUT2D eigenvalue weighted by atomic mass is 16.5. The molecular formula is C12H15N3O2. The van der Waals surface area contributed by atoms with Gasteiger partial charge in [0, 0.05) is 23.5 Å². The average Bonchev–Trinajstić information content (AvgIpc) is 2.60. The Morgan fingerprint density at radius 2 is 2.18 bits per heavy atom. The van der Waals surface area contributed by atoms with E-state index in [2.05, 4.69) is 10.1 Å². The Kier molecular flexibility index (Phi) is 2.75. The summed E-state index contributed by atoms with van der Waals surface area (Å²) in [6.07, 6.45) is 1.64. The lowest BCUT2D eigenvalue weighted by atomic mass is 9.99. The normalized spacial score (nSPS) is 11.1. The number of rotatable bonds is 2. The molecule has 0 spiro atoms. The van der Waals surface area contributed by atoms with Crippen molar-refractivity contribution in [3.63, 3.8) is 0 Å². The average molecular weight is 233 g/mol. The van der Waals surface area contributed by atoms with Crippen molar-refractivity contribution in [3.05, 3.63) is 33.7 Å². The number of nitrogens with zero attached hydrogens (tertiary/aromatic N) is 1. The van der Waals surface area contributed by atoms with Crippen molar-refractivity contribution in [1.29, 1.82) is 0 Å². The number of aromatic amines is 1. The van der Waals surface area contributed by atoms with Gasteiger partial charge in [-0.2, -0.15) is 0 Å². The molecule has 0 aromatic carbocycles. The molecule has 0 saturated heterocycles. The van der Waals surface area contributed by atoms with E-state index in [1.165, 1.54) is 6.07 Å². The summed E-state index contributed by atoms with van der Waals surface area (Å²) in [6, 6.07) is 1.53. The molecule has 0 radical (unpaired) electrons. The highest BCUT2D eigenvalue weighted by Crippen LogP contribution is 2.31. The maximum Gasteiger partial charge on any atom is 0.226 e. The van der Waals surface area contributed by atoms with E-state index in [1.54, 1.807) is 6.20 Å². The van der Waals surface area contributed by atoms with Crippen molar-refractivity contribution in [3.8, 4) is 11.3 Å². The monoisotopic (exact) mass is 233 g/mol. The standard InChI is InChI=1S/C12H15N3O2/c1-6(2)10-11(15-17-12(10)13)8-5-14-7(3)4-9(8)16/h4-6H,13H2,1-3H3,(H,14,16). The molecule has 0 aliphatic rings. The molecule has 17 heavy (non-hydrogen) atoms. The minimum atomic E-state index is -0.0866. The van der Waals surface area contributed by atoms with Crippen LogP contribution in [0.4, 0.5) is 5.88 Å². The highest BCUT2D eigenvalue weighted by molar-refractivity contribution is 5.67. The molecule has 0 fully saturated rings. The van der Waals surface area contributed by atoms with Crippen LogP contribution in [0.5, 0.6) is 0 Å². The third-order valence-electron chi connectivity index (χ3n) is 2.65. The van der Waals surface area contributed by atoms with E-state index in [0.29, 0.717) is 11.3 Å². The van der Waals surface area contributed by atoms with Gasteiger partial charge in [-0.1, -0.05) is 19.0 Å². The molecule has 0 atom stereocenters. The molecule has 0 aliphatic carbocycles. The Labute approximate surface area is 98.6 Å². The first-order valence-corrected chi connectivity index (χ1v) is 5.45. The van der Waals surface area contributed by atoms with Crippen molar-refractivity contribution in [2.75, 3.05) is 5.73 Å². The fraction of sp³-hybridized carbons (Fsp3) is 0.333. The minimum Gasteiger partial charge on any atom is -0.367 e. The van der Waals surface area contributed by atoms with Crippen LogP contribution in [0.1, 0.15) is 31.0 Å². The molecule has 0 bridgehead atoms. The first kappa shape index (κ1) is 11.4. The molecule has 0 unspecified atom stereocenters. The minimum absolute atomic E-state index is 0.0866. The van der Waals surface area contributed by atoms with Crippen LogP contribution in [-0.2, 0) is 0 Å². The number of H-pyrrole nitrogens is 1. The largest absolute Gasteiger partial charge is 0.367 e. The Balaban J connectivity index is 2.65. The molecular weight excluding hydrogens is 218 g/mol. The van der Waals surface area contributed by atoms with E-state index in [-0.39, 0.29) is 17.2 Å². The molecule has 2 aromatic heterocycles. The van der Waals surface area contributed by atoms with Crippen molar-refractivity contribution < 1.29 is 4.52 Å². The molecule has 3 N–H and O–H groups in total. The Morgan fingerprint density at radius 1 is 1.47 bits per heavy atom. The number of nitrogens with two attached hydrogens (primary N) is 1. The molecule has 0 aliphatic heterocycles. The van der Waals surface area contributed by atoms with Crippen LogP contribution >= 0.6 is 0 Å². The Morgan fingerprint density at radius 3 is 2.76 bits per heavy atom. The zero-order valence-electron chi connectivity index (χ0n) is 10.1. The second-order valence-electron chi connectivity index (χ2n) is 4.36. The second-order valence-corrected chi connectivity index (χ2v) is 4.36. The van der Waals surface area contributed by atoms with Crippen LogP contribution in [0, 0.1) is 6.92 Å². The van der Waals surface area contributed by atoms with Crippen LogP contribution in [0.2, 0.25) is 0 Å². The van der Waals surface area contributed by atoms with E-state index in [4.69, 9.17) is 10.3 Å². The molecule has 0 saturated carbocycles. The SMILES string of the molecule is Cc1cc(=O)c(-c2noc(N)c2C(C)C)c[nH]1. The predicted molar refractivity (Wildman–Crippen MR) is 65.8 cm³/mol. The van der Waals surface area contributed by atoms with Crippen molar-refractivity contribution in [1.82, 2.24) is 10.1 Å². The van der Waals surface area contributed by atoms with Gasteiger partial charge in [0.05, 0.1) is 5.56 Å². The maximum absolute atomic E-state index is 11.9. The zero-order valence-corrected chi connectivity index (χ0v) is 10.1. The lowest BCUT2D eigenvalue weighted by Crippen LogP contribution is -2.07. The number of nitrogens with one attached hydrogen (secondary N) is 1. The number of hydrogen-bond donors (Lipinski definition) is 2. The predicted octanol–water partition coefficient (Wildman–Crippen LogP) is 2.04. The summed E-state index contributed by atoms with van der Waals surface area (Å²) in [5, 5.41) is 3.88. The van der Waals surface area contributed by atoms with Gasteiger partial charge in [-0.05, 0) is 12.8 Å². The zero-order chi connectivity index (χ0) is 12.6. The Hall–Kier alpha value is -2.04. The molecule has 2 aromatic rings. The fourth-order valence-corrected chi connectivity index (χ4v) is 1.82. The quantitative estimate of drug-likeness (QED) is 0.831. The highest BCUT2D eigenvalue weighted by Gasteiger charge is 2.20. The van der Waals surface area contributed by atoms with Crippen LogP contribution in [0.15, 0.2) is 21.6 Å². The van der Waals surface area contributed by atoms with Gasteiger partial charge < -0.3 is 15.2 Å². The summed E-state index contributed by atoms with van der Waals surface area (Å²) >= 11 is 0. The molecule has 90 valence electrons. The fourth-order valence-electron chi connectivity index (χ4n) is 1.82. The summed E-state index contributed by atoms with van der Waals surface area (Å²) in [7, 11) is 0. The van der Waals surface area contributed by atoms with Gasteiger partial charge in [0.1, 0.15) is 5.69 Å². The molecule has 2 heterocycles. The first-order valence-electron chi connectivity index (χ1n) is 5.45. The van der Waals surface area contributed by atoms with Crippen LogP contribution in [-0.4, -0.2) is 10.1 Å². The third kappa shape index (κ3) is 1.95. The number of aryl methyl sites for hydroxylation is 1. The van der Waals surface area contributed by atoms with Crippen molar-refractivity contribution in [2.24, 2.45) is 0 Å². The summed E-state index contributed by atoms with van der Waals surface area (Å²) in [5.41, 5.74) is 8.23. The first-order chi connectivity index (χ1) is 8.00. The summed E-state index contributed by atoms with van der Waals surface area (Å²) < 4.78 is 4.97. The van der Waals surface area contributed by atoms with Crippen molar-refractivity contribution in [2.45, 2.75) is 26.7 Å². The van der Waals surface area contributed by atoms with E-state index in [1.807, 2.05) is 20.8 Å². The van der Waals surface area contributed by atoms with Crippen LogP contribution in [0.3, 0.4) is 0 Å². The second kappa shape index (κ2) is 4.08. The number of anilines is 1. The van der Waals surface area contributed by atoms with Gasteiger partial charge in [0.25, 0.3) is 0 Å². The van der Waals surface area contributed by atoms with Crippen molar-refractivity contribution >= 4 is 5.88 Å². The maximum atomic E-state index is 11.9. The van der Waals surface area contributed by atoms with Gasteiger partial charge in [0.2, 0.25) is 5.88 Å². The smallest absolute Gasteiger partial charge is 0.226 e. The topological polar surface area (TPSA) is 84.9 Å². The van der Waals surface area contributed by atoms with Crippen LogP contribution in [0.25, 0.3) is 11.3 Å². The van der Waals surface area contributed by atoms with E-state index in [0.717, 1.165) is 11.3 Å². The summed E-state index contributed by atoms with van der Waals surface area (Å²) in [6.45, 7) is 5.79. The molecule has 5 heteroatoms. The number of hydrogen-bond acceptors (Lipinski definition) is 4. The van der Waals surface area contributed by atoms with Gasteiger partial charge in [-0.25, -0.2) is 0 Å². The van der Waals surface area contributed by atoms with Crippen LogP contribution < -0.4 is 11.2 Å². The van der Waals surface area contributed by atoms with E-state index >= 15 is 0 Å². The number of nitrogen functional groups attached to an aromatic ring is 1. The van der Waals surface area contributed by atoms with E-state index in [9.17, 15) is 4.79 Å². The third-order valence-corrected chi connectivity index (χ3v) is 2.65. The lowest BCUT2D eigenvalue weighted by Gasteiger charge is -2.05. The summed E-state index contributed by atoms with van der Waals surface area (Å²) in [5.74, 6) is 0.423. The van der Waals surface area contributed by atoms with Gasteiger partial charge >= 0.3 is 0 Å².